The van der Waals surface area contributed by atoms with Crippen LogP contribution in [0, 0.1) is 11.6 Å². The van der Waals surface area contributed by atoms with Gasteiger partial charge in [0, 0.05) is 6.07 Å². The molecule has 0 fully saturated rings. The summed E-state index contributed by atoms with van der Waals surface area (Å²) in [4.78, 5) is 3.90. The van der Waals surface area contributed by atoms with Gasteiger partial charge in [0.05, 0.1) is 12.8 Å². The number of nitrogens with two attached hydrogens (primary N) is 1. The summed E-state index contributed by atoms with van der Waals surface area (Å²) in [5.74, 6) is -2.17. The summed E-state index contributed by atoms with van der Waals surface area (Å²) in [5.41, 5.74) is 5.81. The SMILES string of the molecule is COc1ccc(N)c(Oc2cccc(F)c2F)n1. The zero-order valence-corrected chi connectivity index (χ0v) is 9.48. The first-order valence-electron chi connectivity index (χ1n) is 5.04. The Morgan fingerprint density at radius 1 is 1.17 bits per heavy atom. The summed E-state index contributed by atoms with van der Waals surface area (Å²) in [7, 11) is 1.42. The highest BCUT2D eigenvalue weighted by molar-refractivity contribution is 5.51. The molecule has 1 aromatic carbocycles. The van der Waals surface area contributed by atoms with E-state index in [1.165, 1.54) is 31.4 Å². The van der Waals surface area contributed by atoms with Gasteiger partial charge in [-0.2, -0.15) is 9.37 Å². The fraction of sp³-hybridized carbons (Fsp3) is 0.0833. The second-order valence-electron chi connectivity index (χ2n) is 3.40. The van der Waals surface area contributed by atoms with Crippen LogP contribution in [0.15, 0.2) is 30.3 Å². The Labute approximate surface area is 102 Å². The Hall–Kier alpha value is -2.37. The number of anilines is 1. The number of benzene rings is 1. The van der Waals surface area contributed by atoms with Crippen LogP contribution in [0.3, 0.4) is 0 Å². The number of aromatic nitrogens is 1. The Morgan fingerprint density at radius 2 is 1.94 bits per heavy atom. The second kappa shape index (κ2) is 4.87. The molecule has 0 aliphatic heterocycles. The number of halogens is 2. The molecule has 2 N–H and O–H groups in total. The lowest BCUT2D eigenvalue weighted by molar-refractivity contribution is 0.374. The number of hydrogen-bond acceptors (Lipinski definition) is 4. The molecule has 2 rings (SSSR count). The summed E-state index contributed by atoms with van der Waals surface area (Å²) in [6.45, 7) is 0. The van der Waals surface area contributed by atoms with Gasteiger partial charge in [-0.3, -0.25) is 0 Å². The maximum atomic E-state index is 13.4. The van der Waals surface area contributed by atoms with E-state index in [0.717, 1.165) is 6.07 Å². The maximum absolute atomic E-state index is 13.4. The molecule has 0 saturated heterocycles. The molecular weight excluding hydrogens is 242 g/mol. The fourth-order valence-electron chi connectivity index (χ4n) is 1.30. The molecule has 0 amide bonds. The van der Waals surface area contributed by atoms with Crippen molar-refractivity contribution in [1.29, 1.82) is 0 Å². The molecule has 1 heterocycles. The van der Waals surface area contributed by atoms with Crippen molar-refractivity contribution in [1.82, 2.24) is 4.98 Å². The molecule has 18 heavy (non-hydrogen) atoms. The number of ether oxygens (including phenoxy) is 2. The van der Waals surface area contributed by atoms with Crippen molar-refractivity contribution in [3.05, 3.63) is 42.0 Å². The van der Waals surface area contributed by atoms with E-state index in [1.807, 2.05) is 0 Å². The molecule has 0 bridgehead atoms. The normalized spacial score (nSPS) is 10.2. The summed E-state index contributed by atoms with van der Waals surface area (Å²) >= 11 is 0. The Balaban J connectivity index is 2.36. The molecule has 0 atom stereocenters. The summed E-state index contributed by atoms with van der Waals surface area (Å²) < 4.78 is 36.4. The predicted octanol–water partition coefficient (Wildman–Crippen LogP) is 2.74. The van der Waals surface area contributed by atoms with Crippen molar-refractivity contribution in [2.75, 3.05) is 12.8 Å². The highest BCUT2D eigenvalue weighted by Gasteiger charge is 2.12. The van der Waals surface area contributed by atoms with E-state index >= 15 is 0 Å². The molecule has 0 spiro atoms. The van der Waals surface area contributed by atoms with E-state index in [4.69, 9.17) is 15.2 Å². The smallest absolute Gasteiger partial charge is 0.246 e. The topological polar surface area (TPSA) is 57.4 Å². The summed E-state index contributed by atoms with van der Waals surface area (Å²) in [5, 5.41) is 0. The van der Waals surface area contributed by atoms with Gasteiger partial charge in [-0.25, -0.2) is 4.39 Å². The number of nitrogens with zero attached hydrogens (tertiary/aromatic N) is 1. The van der Waals surface area contributed by atoms with Gasteiger partial charge in [0.1, 0.15) is 0 Å². The van der Waals surface area contributed by atoms with Crippen molar-refractivity contribution in [3.63, 3.8) is 0 Å². The molecule has 1 aromatic heterocycles. The van der Waals surface area contributed by atoms with E-state index < -0.39 is 11.6 Å². The van der Waals surface area contributed by atoms with Crippen LogP contribution in [0.5, 0.6) is 17.5 Å². The number of rotatable bonds is 3. The van der Waals surface area contributed by atoms with Gasteiger partial charge in [0.2, 0.25) is 17.6 Å². The van der Waals surface area contributed by atoms with Crippen LogP contribution in [-0.4, -0.2) is 12.1 Å². The van der Waals surface area contributed by atoms with Gasteiger partial charge >= 0.3 is 0 Å². The van der Waals surface area contributed by atoms with Crippen molar-refractivity contribution in [2.24, 2.45) is 0 Å². The monoisotopic (exact) mass is 252 g/mol. The average Bonchev–Trinajstić information content (AvgIpc) is 2.37. The van der Waals surface area contributed by atoms with Crippen LogP contribution in [-0.2, 0) is 0 Å². The lowest BCUT2D eigenvalue weighted by Crippen LogP contribution is -1.99. The predicted molar refractivity (Wildman–Crippen MR) is 61.6 cm³/mol. The first-order valence-corrected chi connectivity index (χ1v) is 5.04. The molecule has 0 aliphatic rings. The van der Waals surface area contributed by atoms with Gasteiger partial charge in [-0.15, -0.1) is 0 Å². The first-order chi connectivity index (χ1) is 8.61. The highest BCUT2D eigenvalue weighted by atomic mass is 19.2. The molecule has 6 heteroatoms. The van der Waals surface area contributed by atoms with Gasteiger partial charge in [-0.05, 0) is 18.2 Å². The summed E-state index contributed by atoms with van der Waals surface area (Å²) in [6.07, 6.45) is 0. The van der Waals surface area contributed by atoms with E-state index in [2.05, 4.69) is 4.98 Å². The molecule has 0 unspecified atom stereocenters. The van der Waals surface area contributed by atoms with E-state index in [1.54, 1.807) is 0 Å². The number of pyridine rings is 1. The molecule has 94 valence electrons. The highest BCUT2D eigenvalue weighted by Crippen LogP contribution is 2.29. The van der Waals surface area contributed by atoms with Crippen molar-refractivity contribution >= 4 is 5.69 Å². The third-order valence-corrected chi connectivity index (χ3v) is 2.20. The van der Waals surface area contributed by atoms with E-state index in [0.29, 0.717) is 0 Å². The second-order valence-corrected chi connectivity index (χ2v) is 3.40. The molecule has 0 aliphatic carbocycles. The zero-order chi connectivity index (χ0) is 13.1. The average molecular weight is 252 g/mol. The third-order valence-electron chi connectivity index (χ3n) is 2.20. The van der Waals surface area contributed by atoms with Crippen LogP contribution in [0.4, 0.5) is 14.5 Å². The number of nitrogen functional groups attached to an aromatic ring is 1. The molecule has 0 radical (unpaired) electrons. The molecule has 0 saturated carbocycles. The minimum atomic E-state index is -1.10. The Morgan fingerprint density at radius 3 is 2.67 bits per heavy atom. The maximum Gasteiger partial charge on any atom is 0.246 e. The molecule has 4 nitrogen and oxygen atoms in total. The van der Waals surface area contributed by atoms with Gasteiger partial charge in [-0.1, -0.05) is 6.07 Å². The zero-order valence-electron chi connectivity index (χ0n) is 9.48. The van der Waals surface area contributed by atoms with Crippen LogP contribution >= 0.6 is 0 Å². The van der Waals surface area contributed by atoms with Crippen LogP contribution < -0.4 is 15.2 Å². The lowest BCUT2D eigenvalue weighted by Gasteiger charge is -2.09. The van der Waals surface area contributed by atoms with E-state index in [-0.39, 0.29) is 23.2 Å². The molecular formula is C12H10F2N2O2. The van der Waals surface area contributed by atoms with Crippen molar-refractivity contribution in [3.8, 4) is 17.5 Å². The third kappa shape index (κ3) is 2.32. The van der Waals surface area contributed by atoms with E-state index in [9.17, 15) is 8.78 Å². The van der Waals surface area contributed by atoms with Crippen LogP contribution in [0.2, 0.25) is 0 Å². The fourth-order valence-corrected chi connectivity index (χ4v) is 1.30. The lowest BCUT2D eigenvalue weighted by atomic mass is 10.3. The largest absolute Gasteiger partial charge is 0.481 e. The van der Waals surface area contributed by atoms with Gasteiger partial charge in [0.25, 0.3) is 0 Å². The van der Waals surface area contributed by atoms with Crippen molar-refractivity contribution in [2.45, 2.75) is 0 Å². The van der Waals surface area contributed by atoms with Crippen LogP contribution in [0.25, 0.3) is 0 Å². The first kappa shape index (κ1) is 12.1. The van der Waals surface area contributed by atoms with Crippen molar-refractivity contribution < 1.29 is 18.3 Å². The minimum absolute atomic E-state index is 0.0427. The molecule has 2 aromatic rings. The quantitative estimate of drug-likeness (QED) is 0.912. The number of methoxy groups -OCH3 is 1. The standard InChI is InChI=1S/C12H10F2N2O2/c1-17-10-6-5-8(15)12(16-10)18-9-4-2-3-7(13)11(9)14/h2-6H,15H2,1H3. The van der Waals surface area contributed by atoms with Crippen LogP contribution in [0.1, 0.15) is 0 Å². The Bertz CT molecular complexity index is 576. The Kier molecular flexibility index (Phi) is 3.27. The summed E-state index contributed by atoms with van der Waals surface area (Å²) in [6, 6.07) is 6.62. The van der Waals surface area contributed by atoms with Gasteiger partial charge in [0.15, 0.2) is 11.6 Å². The minimum Gasteiger partial charge on any atom is -0.481 e. The number of hydrogen-bond donors (Lipinski definition) is 1. The van der Waals surface area contributed by atoms with Gasteiger partial charge < -0.3 is 15.2 Å².